The van der Waals surface area contributed by atoms with Crippen molar-refractivity contribution in [2.45, 2.75) is 46.2 Å². The van der Waals surface area contributed by atoms with Gasteiger partial charge in [-0.1, -0.05) is 19.1 Å². The van der Waals surface area contributed by atoms with Gasteiger partial charge in [0, 0.05) is 35.4 Å². The van der Waals surface area contributed by atoms with Crippen molar-refractivity contribution in [2.75, 3.05) is 18.0 Å². The van der Waals surface area contributed by atoms with E-state index in [4.69, 9.17) is 0 Å². The first-order valence-electron chi connectivity index (χ1n) is 7.26. The zero-order valence-electron chi connectivity index (χ0n) is 13.4. The van der Waals surface area contributed by atoms with Gasteiger partial charge in [-0.3, -0.25) is 0 Å². The molecule has 0 saturated carbocycles. The van der Waals surface area contributed by atoms with Crippen molar-refractivity contribution in [2.24, 2.45) is 0 Å². The average molecular weight is 276 g/mol. The molecule has 0 saturated heterocycles. The number of nitrogens with one attached hydrogen (secondary N) is 1. The standard InChI is InChI=1S/C17H28N2O/c1-7-11-19(17(4,5)6)14-9-10-15(16(20)12-14)13(3)18-8-2/h7,9-10,12-13,18,20H,1,8,11H2,2-6H3. The van der Waals surface area contributed by atoms with Gasteiger partial charge >= 0.3 is 0 Å². The zero-order valence-corrected chi connectivity index (χ0v) is 13.4. The van der Waals surface area contributed by atoms with E-state index in [-0.39, 0.29) is 11.6 Å². The lowest BCUT2D eigenvalue weighted by Crippen LogP contribution is -2.41. The minimum Gasteiger partial charge on any atom is -0.508 e. The molecule has 2 N–H and O–H groups in total. The Morgan fingerprint density at radius 3 is 2.50 bits per heavy atom. The fraction of sp³-hybridized carbons (Fsp3) is 0.529. The lowest BCUT2D eigenvalue weighted by molar-refractivity contribution is 0.453. The highest BCUT2D eigenvalue weighted by molar-refractivity contribution is 5.55. The second-order valence-electron chi connectivity index (χ2n) is 6.09. The van der Waals surface area contributed by atoms with Crippen LogP contribution in [0.15, 0.2) is 30.9 Å². The summed E-state index contributed by atoms with van der Waals surface area (Å²) in [5.41, 5.74) is 1.93. The summed E-state index contributed by atoms with van der Waals surface area (Å²) in [6.45, 7) is 16.0. The molecule has 0 heterocycles. The van der Waals surface area contributed by atoms with Crippen LogP contribution in [-0.2, 0) is 0 Å². The summed E-state index contributed by atoms with van der Waals surface area (Å²) < 4.78 is 0. The molecule has 1 unspecified atom stereocenters. The molecule has 1 aromatic rings. The Morgan fingerprint density at radius 1 is 1.40 bits per heavy atom. The Hall–Kier alpha value is -1.48. The van der Waals surface area contributed by atoms with E-state index in [1.807, 2.05) is 18.2 Å². The molecule has 1 rings (SSSR count). The number of hydrogen-bond acceptors (Lipinski definition) is 3. The molecule has 0 aromatic heterocycles. The van der Waals surface area contributed by atoms with E-state index in [0.717, 1.165) is 24.3 Å². The molecular formula is C17H28N2O. The maximum absolute atomic E-state index is 10.3. The number of nitrogens with zero attached hydrogens (tertiary/aromatic N) is 1. The van der Waals surface area contributed by atoms with Gasteiger partial charge < -0.3 is 15.3 Å². The normalized spacial score (nSPS) is 13.1. The van der Waals surface area contributed by atoms with Crippen molar-refractivity contribution in [1.29, 1.82) is 0 Å². The van der Waals surface area contributed by atoms with E-state index in [0.29, 0.717) is 5.75 Å². The third-order valence-corrected chi connectivity index (χ3v) is 3.42. The van der Waals surface area contributed by atoms with Crippen LogP contribution in [0.2, 0.25) is 0 Å². The Labute approximate surface area is 123 Å². The fourth-order valence-corrected chi connectivity index (χ4v) is 2.38. The van der Waals surface area contributed by atoms with Gasteiger partial charge in [-0.15, -0.1) is 6.58 Å². The number of benzene rings is 1. The highest BCUT2D eigenvalue weighted by atomic mass is 16.3. The number of aromatic hydroxyl groups is 1. The van der Waals surface area contributed by atoms with Gasteiger partial charge in [-0.2, -0.15) is 0 Å². The second-order valence-corrected chi connectivity index (χ2v) is 6.09. The van der Waals surface area contributed by atoms with E-state index in [2.05, 4.69) is 57.5 Å². The summed E-state index contributed by atoms with van der Waals surface area (Å²) in [5, 5.41) is 13.6. The highest BCUT2D eigenvalue weighted by Crippen LogP contribution is 2.31. The molecule has 3 heteroatoms. The first-order valence-corrected chi connectivity index (χ1v) is 7.26. The first kappa shape index (κ1) is 16.6. The number of anilines is 1. The van der Waals surface area contributed by atoms with Crippen molar-refractivity contribution in [3.05, 3.63) is 36.4 Å². The maximum Gasteiger partial charge on any atom is 0.122 e. The molecule has 112 valence electrons. The molecule has 0 radical (unpaired) electrons. The largest absolute Gasteiger partial charge is 0.508 e. The summed E-state index contributed by atoms with van der Waals surface area (Å²) in [7, 11) is 0. The van der Waals surface area contributed by atoms with Crippen molar-refractivity contribution in [3.8, 4) is 5.75 Å². The number of hydrogen-bond donors (Lipinski definition) is 2. The summed E-state index contributed by atoms with van der Waals surface area (Å²) in [6.07, 6.45) is 1.89. The molecule has 0 bridgehead atoms. The van der Waals surface area contributed by atoms with Crippen LogP contribution in [0.1, 0.15) is 46.2 Å². The maximum atomic E-state index is 10.3. The lowest BCUT2D eigenvalue weighted by atomic mass is 10.0. The van der Waals surface area contributed by atoms with Crippen LogP contribution in [0.5, 0.6) is 5.75 Å². The van der Waals surface area contributed by atoms with Gasteiger partial charge in [0.1, 0.15) is 5.75 Å². The van der Waals surface area contributed by atoms with E-state index in [1.165, 1.54) is 0 Å². The lowest BCUT2D eigenvalue weighted by Gasteiger charge is -2.37. The summed E-state index contributed by atoms with van der Waals surface area (Å²) in [5.74, 6) is 0.342. The Kier molecular flexibility index (Phi) is 5.63. The van der Waals surface area contributed by atoms with Gasteiger partial charge in [0.2, 0.25) is 0 Å². The van der Waals surface area contributed by atoms with Crippen LogP contribution in [0.3, 0.4) is 0 Å². The Balaban J connectivity index is 3.09. The molecule has 0 fully saturated rings. The smallest absolute Gasteiger partial charge is 0.122 e. The predicted molar refractivity (Wildman–Crippen MR) is 87.5 cm³/mol. The zero-order chi connectivity index (χ0) is 15.3. The molecule has 1 atom stereocenters. The molecule has 1 aromatic carbocycles. The van der Waals surface area contributed by atoms with Crippen LogP contribution in [-0.4, -0.2) is 23.7 Å². The predicted octanol–water partition coefficient (Wildman–Crippen LogP) is 3.85. The second kappa shape index (κ2) is 6.80. The number of phenolic OH excluding ortho intramolecular Hbond substituents is 1. The van der Waals surface area contributed by atoms with Crippen molar-refractivity contribution >= 4 is 5.69 Å². The quantitative estimate of drug-likeness (QED) is 0.775. The van der Waals surface area contributed by atoms with E-state index >= 15 is 0 Å². The Morgan fingerprint density at radius 2 is 2.05 bits per heavy atom. The third-order valence-electron chi connectivity index (χ3n) is 3.42. The van der Waals surface area contributed by atoms with Gasteiger partial charge in [0.15, 0.2) is 0 Å². The van der Waals surface area contributed by atoms with Crippen LogP contribution in [0.4, 0.5) is 5.69 Å². The molecular weight excluding hydrogens is 248 g/mol. The average Bonchev–Trinajstić information content (AvgIpc) is 2.34. The summed E-state index contributed by atoms with van der Waals surface area (Å²) in [4.78, 5) is 2.22. The molecule has 0 aliphatic heterocycles. The SMILES string of the molecule is C=CCN(c1ccc(C(C)NCC)c(O)c1)C(C)(C)C. The number of phenols is 1. The fourth-order valence-electron chi connectivity index (χ4n) is 2.38. The van der Waals surface area contributed by atoms with Crippen LogP contribution in [0.25, 0.3) is 0 Å². The van der Waals surface area contributed by atoms with Gasteiger partial charge in [-0.25, -0.2) is 0 Å². The minimum absolute atomic E-state index is 0.0184. The van der Waals surface area contributed by atoms with E-state index < -0.39 is 0 Å². The van der Waals surface area contributed by atoms with Crippen molar-refractivity contribution < 1.29 is 5.11 Å². The molecule has 20 heavy (non-hydrogen) atoms. The van der Waals surface area contributed by atoms with Crippen LogP contribution < -0.4 is 10.2 Å². The molecule has 3 nitrogen and oxygen atoms in total. The Bertz CT molecular complexity index is 449. The topological polar surface area (TPSA) is 35.5 Å². The monoisotopic (exact) mass is 276 g/mol. The van der Waals surface area contributed by atoms with Gasteiger partial charge in [-0.05, 0) is 40.3 Å². The summed E-state index contributed by atoms with van der Waals surface area (Å²) >= 11 is 0. The van der Waals surface area contributed by atoms with Gasteiger partial charge in [0.05, 0.1) is 0 Å². The molecule has 0 amide bonds. The minimum atomic E-state index is -0.0184. The van der Waals surface area contributed by atoms with Crippen molar-refractivity contribution in [3.63, 3.8) is 0 Å². The summed E-state index contributed by atoms with van der Waals surface area (Å²) in [6, 6.07) is 6.06. The molecule has 0 aliphatic rings. The molecule has 0 spiro atoms. The van der Waals surface area contributed by atoms with Crippen LogP contribution in [0, 0.1) is 0 Å². The first-order chi connectivity index (χ1) is 9.31. The van der Waals surface area contributed by atoms with E-state index in [9.17, 15) is 5.11 Å². The highest BCUT2D eigenvalue weighted by Gasteiger charge is 2.21. The van der Waals surface area contributed by atoms with Gasteiger partial charge in [0.25, 0.3) is 0 Å². The third kappa shape index (κ3) is 4.01. The van der Waals surface area contributed by atoms with Crippen molar-refractivity contribution in [1.82, 2.24) is 5.32 Å². The van der Waals surface area contributed by atoms with Crippen LogP contribution >= 0.6 is 0 Å². The number of rotatable bonds is 6. The molecule has 0 aliphatic carbocycles. The van der Waals surface area contributed by atoms with E-state index in [1.54, 1.807) is 0 Å².